The predicted molar refractivity (Wildman–Crippen MR) is 77.3 cm³/mol. The van der Waals surface area contributed by atoms with Crippen molar-refractivity contribution in [1.82, 2.24) is 4.90 Å². The summed E-state index contributed by atoms with van der Waals surface area (Å²) in [6.07, 6.45) is 0. The van der Waals surface area contributed by atoms with Gasteiger partial charge in [-0.15, -0.1) is 0 Å². The lowest BCUT2D eigenvalue weighted by molar-refractivity contribution is -0.384. The molecule has 0 saturated carbocycles. The van der Waals surface area contributed by atoms with Crippen molar-refractivity contribution < 1.29 is 19.9 Å². The Morgan fingerprint density at radius 1 is 1.48 bits per heavy atom. The number of benzene rings is 1. The lowest BCUT2D eigenvalue weighted by atomic mass is 10.1. The zero-order valence-corrected chi connectivity index (χ0v) is 12.2. The number of rotatable bonds is 6. The number of nitro groups is 1. The summed E-state index contributed by atoms with van der Waals surface area (Å²) in [6.45, 7) is 0.800. The average molecular weight is 297 g/mol. The third-order valence-electron chi connectivity index (χ3n) is 2.85. The van der Waals surface area contributed by atoms with Gasteiger partial charge >= 0.3 is 0 Å². The summed E-state index contributed by atoms with van der Waals surface area (Å²) >= 11 is 0. The van der Waals surface area contributed by atoms with Crippen LogP contribution in [-0.2, 0) is 0 Å². The van der Waals surface area contributed by atoms with E-state index < -0.39 is 17.1 Å². The molecule has 0 bridgehead atoms. The second-order valence-electron chi connectivity index (χ2n) is 5.20. The number of aliphatic hydroxyl groups excluding tert-OH is 1. The molecule has 3 N–H and O–H groups in total. The van der Waals surface area contributed by atoms with Crippen LogP contribution in [0.25, 0.3) is 0 Å². The van der Waals surface area contributed by atoms with Gasteiger partial charge in [-0.3, -0.25) is 14.9 Å². The van der Waals surface area contributed by atoms with Gasteiger partial charge in [0.15, 0.2) is 0 Å². The molecule has 1 unspecified atom stereocenters. The molecule has 21 heavy (non-hydrogen) atoms. The third kappa shape index (κ3) is 4.40. The number of nitrogens with one attached hydrogen (secondary N) is 1. The number of carbonyl (C=O) groups excluding carboxylic acids is 1. The first-order valence-corrected chi connectivity index (χ1v) is 6.25. The van der Waals surface area contributed by atoms with Crippen LogP contribution in [0.5, 0.6) is 0 Å². The summed E-state index contributed by atoms with van der Waals surface area (Å²) in [5.41, 5.74) is -1.23. The van der Waals surface area contributed by atoms with Gasteiger partial charge in [0.05, 0.1) is 11.5 Å². The molecular weight excluding hydrogens is 278 g/mol. The maximum absolute atomic E-state index is 11.9. The lowest BCUT2D eigenvalue weighted by Crippen LogP contribution is -2.37. The van der Waals surface area contributed by atoms with E-state index >= 15 is 0 Å². The zero-order valence-electron chi connectivity index (χ0n) is 12.2. The van der Waals surface area contributed by atoms with Crippen molar-refractivity contribution in [3.63, 3.8) is 0 Å². The van der Waals surface area contributed by atoms with Crippen LogP contribution in [0, 0.1) is 10.1 Å². The molecule has 1 aromatic rings. The van der Waals surface area contributed by atoms with E-state index in [1.54, 1.807) is 14.1 Å². The number of hydrogen-bond donors (Lipinski definition) is 3. The molecular formula is C13H19N3O5. The Bertz CT molecular complexity index is 543. The fourth-order valence-corrected chi connectivity index (χ4v) is 1.57. The number of hydrogen-bond acceptors (Lipinski definition) is 6. The number of aliphatic hydroxyl groups is 2. The van der Waals surface area contributed by atoms with Crippen molar-refractivity contribution >= 4 is 17.3 Å². The van der Waals surface area contributed by atoms with Gasteiger partial charge in [-0.1, -0.05) is 0 Å². The van der Waals surface area contributed by atoms with Gasteiger partial charge in [0.1, 0.15) is 11.3 Å². The van der Waals surface area contributed by atoms with Gasteiger partial charge in [-0.25, -0.2) is 0 Å². The van der Waals surface area contributed by atoms with E-state index in [0.29, 0.717) is 0 Å². The van der Waals surface area contributed by atoms with Crippen molar-refractivity contribution in [2.75, 3.05) is 32.6 Å². The molecule has 0 aliphatic carbocycles. The fraction of sp³-hybridized carbons (Fsp3) is 0.462. The molecule has 8 nitrogen and oxygen atoms in total. The van der Waals surface area contributed by atoms with Crippen LogP contribution in [0.2, 0.25) is 0 Å². The summed E-state index contributed by atoms with van der Waals surface area (Å²) in [6, 6.07) is 3.95. The molecule has 1 atom stereocenters. The summed E-state index contributed by atoms with van der Waals surface area (Å²) in [7, 11) is 3.15. The Hall–Kier alpha value is -2.19. The summed E-state index contributed by atoms with van der Waals surface area (Å²) in [5, 5.41) is 32.4. The minimum Gasteiger partial charge on any atom is -0.393 e. The molecule has 1 aromatic carbocycles. The first-order valence-electron chi connectivity index (χ1n) is 6.25. The largest absolute Gasteiger partial charge is 0.393 e. The van der Waals surface area contributed by atoms with Crippen LogP contribution in [0.15, 0.2) is 18.2 Å². The Morgan fingerprint density at radius 3 is 2.57 bits per heavy atom. The fourth-order valence-electron chi connectivity index (χ4n) is 1.57. The highest BCUT2D eigenvalue weighted by atomic mass is 16.6. The summed E-state index contributed by atoms with van der Waals surface area (Å²) in [4.78, 5) is 23.6. The first-order chi connectivity index (χ1) is 9.68. The summed E-state index contributed by atoms with van der Waals surface area (Å²) < 4.78 is 0. The molecule has 0 radical (unpaired) electrons. The molecule has 8 heteroatoms. The molecule has 116 valence electrons. The highest BCUT2D eigenvalue weighted by molar-refractivity contribution is 5.95. The van der Waals surface area contributed by atoms with Gasteiger partial charge in [-0.05, 0) is 19.1 Å². The van der Waals surface area contributed by atoms with E-state index in [1.807, 2.05) is 0 Å². The topological polar surface area (TPSA) is 116 Å². The van der Waals surface area contributed by atoms with Crippen molar-refractivity contribution in [1.29, 1.82) is 0 Å². The smallest absolute Gasteiger partial charge is 0.292 e. The SMILES string of the molecule is CN(C)C(=O)c1ccc([N+](=O)[O-])c(NCC(C)(O)CO)c1. The van der Waals surface area contributed by atoms with Crippen molar-refractivity contribution in [3.8, 4) is 0 Å². The van der Waals surface area contributed by atoms with Gasteiger partial charge < -0.3 is 20.4 Å². The quantitative estimate of drug-likeness (QED) is 0.518. The number of anilines is 1. The van der Waals surface area contributed by atoms with Crippen LogP contribution in [0.4, 0.5) is 11.4 Å². The molecule has 0 aliphatic heterocycles. The number of carbonyl (C=O) groups is 1. The van der Waals surface area contributed by atoms with Crippen LogP contribution in [0.1, 0.15) is 17.3 Å². The summed E-state index contributed by atoms with van der Waals surface area (Å²) in [5.74, 6) is -0.290. The minimum atomic E-state index is -1.42. The van der Waals surface area contributed by atoms with Crippen molar-refractivity contribution in [2.45, 2.75) is 12.5 Å². The highest BCUT2D eigenvalue weighted by Crippen LogP contribution is 2.26. The van der Waals surface area contributed by atoms with Crippen LogP contribution >= 0.6 is 0 Å². The minimum absolute atomic E-state index is 0.0933. The Balaban J connectivity index is 3.10. The highest BCUT2D eigenvalue weighted by Gasteiger charge is 2.22. The average Bonchev–Trinajstić information content (AvgIpc) is 2.43. The lowest BCUT2D eigenvalue weighted by Gasteiger charge is -2.21. The van der Waals surface area contributed by atoms with E-state index in [2.05, 4.69) is 5.32 Å². The molecule has 0 saturated heterocycles. The normalized spacial score (nSPS) is 13.4. The zero-order chi connectivity index (χ0) is 16.2. The second-order valence-corrected chi connectivity index (χ2v) is 5.20. The molecule has 0 fully saturated rings. The number of nitro benzene ring substituents is 1. The second kappa shape index (κ2) is 6.51. The Labute approximate surface area is 122 Å². The van der Waals surface area contributed by atoms with E-state index in [-0.39, 0.29) is 29.4 Å². The van der Waals surface area contributed by atoms with E-state index in [1.165, 1.54) is 30.0 Å². The molecule has 0 heterocycles. The predicted octanol–water partition coefficient (Wildman–Crippen LogP) is 0.452. The maximum Gasteiger partial charge on any atom is 0.292 e. The van der Waals surface area contributed by atoms with Gasteiger partial charge in [0, 0.05) is 32.3 Å². The molecule has 0 spiro atoms. The van der Waals surface area contributed by atoms with Crippen LogP contribution < -0.4 is 5.32 Å². The number of nitrogens with zero attached hydrogens (tertiary/aromatic N) is 2. The van der Waals surface area contributed by atoms with Crippen molar-refractivity contribution in [2.24, 2.45) is 0 Å². The Kier molecular flexibility index (Phi) is 5.23. The Morgan fingerprint density at radius 2 is 2.10 bits per heavy atom. The van der Waals surface area contributed by atoms with E-state index in [0.717, 1.165) is 0 Å². The third-order valence-corrected chi connectivity index (χ3v) is 2.85. The first kappa shape index (κ1) is 16.9. The van der Waals surface area contributed by atoms with Gasteiger partial charge in [-0.2, -0.15) is 0 Å². The van der Waals surface area contributed by atoms with Crippen molar-refractivity contribution in [3.05, 3.63) is 33.9 Å². The van der Waals surface area contributed by atoms with Gasteiger partial charge in [0.25, 0.3) is 11.6 Å². The molecule has 0 aliphatic rings. The molecule has 0 aromatic heterocycles. The molecule has 1 rings (SSSR count). The van der Waals surface area contributed by atoms with Gasteiger partial charge in [0.2, 0.25) is 0 Å². The number of amides is 1. The van der Waals surface area contributed by atoms with Crippen LogP contribution in [-0.4, -0.2) is 58.8 Å². The maximum atomic E-state index is 11.9. The standard InChI is InChI=1S/C13H19N3O5/c1-13(19,8-17)7-14-10-6-9(12(18)15(2)3)4-5-11(10)16(20)21/h4-6,14,17,19H,7-8H2,1-3H3. The van der Waals surface area contributed by atoms with Crippen LogP contribution in [0.3, 0.4) is 0 Å². The molecule has 1 amide bonds. The van der Waals surface area contributed by atoms with E-state index in [4.69, 9.17) is 5.11 Å². The monoisotopic (exact) mass is 297 g/mol. The van der Waals surface area contributed by atoms with E-state index in [9.17, 15) is 20.0 Å².